The fourth-order valence-corrected chi connectivity index (χ4v) is 3.75. The smallest absolute Gasteiger partial charge is 0.203 e. The number of rotatable bonds is 6. The highest BCUT2D eigenvalue weighted by molar-refractivity contribution is 6.36. The molecule has 0 aromatic heterocycles. The van der Waals surface area contributed by atoms with E-state index in [0.29, 0.717) is 39.2 Å². The van der Waals surface area contributed by atoms with Crippen molar-refractivity contribution < 1.29 is 29.3 Å². The second-order valence-corrected chi connectivity index (χ2v) is 6.73. The zero-order valence-electron chi connectivity index (χ0n) is 16.5. The van der Waals surface area contributed by atoms with Crippen molar-refractivity contribution in [2.75, 3.05) is 28.4 Å². The minimum Gasteiger partial charge on any atom is -0.495 e. The molecule has 0 saturated heterocycles. The molecule has 0 radical (unpaired) electrons. The second-order valence-electron chi connectivity index (χ2n) is 6.32. The summed E-state index contributed by atoms with van der Waals surface area (Å²) in [5.74, 6) is 1.87. The molecular formula is C21H22ClNO6. The predicted molar refractivity (Wildman–Crippen MR) is 111 cm³/mol. The van der Waals surface area contributed by atoms with Crippen LogP contribution in [0, 0.1) is 0 Å². The van der Waals surface area contributed by atoms with Gasteiger partial charge in [-0.15, -0.1) is 0 Å². The Morgan fingerprint density at radius 1 is 0.897 bits per heavy atom. The number of ether oxygens (including phenoxy) is 4. The number of nitrogens with zero attached hydrogens (tertiary/aromatic N) is 1. The standard InChI is InChI=1S/C21H22ClNO6/c1-26-16-6-5-11(7-14(16)22)13-10-15(24)20(23-25)19(13)12-8-17(27-2)21(29-4)18(9-12)28-3/h5-9,15,24-25H,10H2,1-4H3/b23-20+. The molecule has 0 fully saturated rings. The maximum absolute atomic E-state index is 10.5. The van der Waals surface area contributed by atoms with Gasteiger partial charge in [0.05, 0.1) is 33.5 Å². The second kappa shape index (κ2) is 8.63. The van der Waals surface area contributed by atoms with Gasteiger partial charge in [-0.2, -0.15) is 0 Å². The van der Waals surface area contributed by atoms with E-state index in [9.17, 15) is 10.3 Å². The Hall–Kier alpha value is -2.90. The van der Waals surface area contributed by atoms with Crippen LogP contribution in [0.5, 0.6) is 23.0 Å². The van der Waals surface area contributed by atoms with Crippen LogP contribution in [-0.4, -0.2) is 50.6 Å². The summed E-state index contributed by atoms with van der Waals surface area (Å²) < 4.78 is 21.5. The van der Waals surface area contributed by atoms with Gasteiger partial charge >= 0.3 is 0 Å². The van der Waals surface area contributed by atoms with E-state index in [1.165, 1.54) is 28.4 Å². The van der Waals surface area contributed by atoms with Gasteiger partial charge in [0.1, 0.15) is 17.6 Å². The van der Waals surface area contributed by atoms with E-state index >= 15 is 0 Å². The lowest BCUT2D eigenvalue weighted by molar-refractivity contribution is 0.240. The maximum atomic E-state index is 10.5. The molecule has 7 nitrogen and oxygen atoms in total. The summed E-state index contributed by atoms with van der Waals surface area (Å²) in [5, 5.41) is 23.9. The van der Waals surface area contributed by atoms with Crippen molar-refractivity contribution in [1.82, 2.24) is 0 Å². The van der Waals surface area contributed by atoms with E-state index in [-0.39, 0.29) is 12.1 Å². The van der Waals surface area contributed by atoms with Gasteiger partial charge in [0.25, 0.3) is 0 Å². The molecule has 2 N–H and O–H groups in total. The average molecular weight is 420 g/mol. The van der Waals surface area contributed by atoms with Crippen LogP contribution in [0.1, 0.15) is 17.5 Å². The number of aliphatic hydroxyl groups excluding tert-OH is 1. The molecule has 1 aliphatic carbocycles. The summed E-state index contributed by atoms with van der Waals surface area (Å²) in [6.45, 7) is 0. The van der Waals surface area contributed by atoms with Crippen LogP contribution in [0.15, 0.2) is 35.5 Å². The van der Waals surface area contributed by atoms with Crippen molar-refractivity contribution in [3.05, 3.63) is 46.5 Å². The molecule has 0 aliphatic heterocycles. The fourth-order valence-electron chi connectivity index (χ4n) is 3.49. The average Bonchev–Trinajstić information content (AvgIpc) is 3.08. The number of hydrogen-bond acceptors (Lipinski definition) is 7. The van der Waals surface area contributed by atoms with Crippen LogP contribution in [0.25, 0.3) is 11.1 Å². The van der Waals surface area contributed by atoms with E-state index in [1.807, 2.05) is 6.07 Å². The first-order chi connectivity index (χ1) is 14.0. The number of benzene rings is 2. The number of oxime groups is 1. The van der Waals surface area contributed by atoms with E-state index in [1.54, 1.807) is 24.3 Å². The number of hydrogen-bond donors (Lipinski definition) is 2. The van der Waals surface area contributed by atoms with E-state index in [2.05, 4.69) is 5.16 Å². The SMILES string of the molecule is COc1ccc(C2=C(c3cc(OC)c(OC)c(OC)c3)/C(=N/O)C(O)C2)cc1Cl. The van der Waals surface area contributed by atoms with Crippen molar-refractivity contribution in [3.8, 4) is 23.0 Å². The maximum Gasteiger partial charge on any atom is 0.203 e. The normalized spacial score (nSPS) is 17.6. The largest absolute Gasteiger partial charge is 0.495 e. The molecule has 29 heavy (non-hydrogen) atoms. The number of halogens is 1. The third kappa shape index (κ3) is 3.71. The van der Waals surface area contributed by atoms with Crippen LogP contribution in [0.2, 0.25) is 5.02 Å². The minimum atomic E-state index is -0.968. The molecule has 0 amide bonds. The van der Waals surface area contributed by atoms with Crippen molar-refractivity contribution in [2.24, 2.45) is 5.16 Å². The molecule has 1 aliphatic rings. The van der Waals surface area contributed by atoms with Crippen molar-refractivity contribution in [1.29, 1.82) is 0 Å². The van der Waals surface area contributed by atoms with E-state index < -0.39 is 6.10 Å². The summed E-state index contributed by atoms with van der Waals surface area (Å²) in [4.78, 5) is 0. The van der Waals surface area contributed by atoms with Crippen molar-refractivity contribution >= 4 is 28.5 Å². The Kier molecular flexibility index (Phi) is 6.20. The van der Waals surface area contributed by atoms with Crippen molar-refractivity contribution in [2.45, 2.75) is 12.5 Å². The molecule has 8 heteroatoms. The lowest BCUT2D eigenvalue weighted by Gasteiger charge is -2.16. The Bertz CT molecular complexity index is 960. The van der Waals surface area contributed by atoms with Gasteiger partial charge in [-0.1, -0.05) is 22.8 Å². The first-order valence-corrected chi connectivity index (χ1v) is 9.14. The van der Waals surface area contributed by atoms with E-state index in [4.69, 9.17) is 30.5 Å². The molecule has 0 bridgehead atoms. The summed E-state index contributed by atoms with van der Waals surface area (Å²) in [5.41, 5.74) is 2.91. The Morgan fingerprint density at radius 2 is 1.52 bits per heavy atom. The van der Waals surface area contributed by atoms with Gasteiger partial charge in [0.2, 0.25) is 5.75 Å². The third-order valence-corrected chi connectivity index (χ3v) is 5.13. The number of methoxy groups -OCH3 is 4. The summed E-state index contributed by atoms with van der Waals surface area (Å²) in [6, 6.07) is 8.82. The minimum absolute atomic E-state index is 0.154. The zero-order valence-corrected chi connectivity index (χ0v) is 17.3. The lowest BCUT2D eigenvalue weighted by atomic mass is 9.95. The van der Waals surface area contributed by atoms with Crippen molar-refractivity contribution in [3.63, 3.8) is 0 Å². The first-order valence-electron chi connectivity index (χ1n) is 8.76. The van der Waals surface area contributed by atoms with Crippen LogP contribution >= 0.6 is 11.6 Å². The van der Waals surface area contributed by atoms with Crippen LogP contribution in [0.3, 0.4) is 0 Å². The molecule has 0 saturated carbocycles. The third-order valence-electron chi connectivity index (χ3n) is 4.83. The highest BCUT2D eigenvalue weighted by Crippen LogP contribution is 2.45. The molecule has 1 unspecified atom stereocenters. The fraction of sp³-hybridized carbons (Fsp3) is 0.286. The number of aliphatic hydroxyl groups is 1. The van der Waals surface area contributed by atoms with Gasteiger partial charge in [-0.3, -0.25) is 0 Å². The van der Waals surface area contributed by atoms with Gasteiger partial charge in [-0.25, -0.2) is 0 Å². The zero-order chi connectivity index (χ0) is 21.1. The van der Waals surface area contributed by atoms with Crippen LogP contribution < -0.4 is 18.9 Å². The highest BCUT2D eigenvalue weighted by Gasteiger charge is 2.33. The Labute approximate surface area is 173 Å². The first kappa shape index (κ1) is 20.8. The lowest BCUT2D eigenvalue weighted by Crippen LogP contribution is -2.15. The van der Waals surface area contributed by atoms with Gasteiger partial charge in [0, 0.05) is 12.0 Å². The highest BCUT2D eigenvalue weighted by atomic mass is 35.5. The molecular weight excluding hydrogens is 398 g/mol. The summed E-state index contributed by atoms with van der Waals surface area (Å²) in [6.07, 6.45) is -0.710. The molecule has 3 rings (SSSR count). The monoisotopic (exact) mass is 419 g/mol. The molecule has 1 atom stereocenters. The summed E-state index contributed by atoms with van der Waals surface area (Å²) >= 11 is 6.30. The molecule has 0 heterocycles. The quantitative estimate of drug-likeness (QED) is 0.545. The Balaban J connectivity index is 2.27. The topological polar surface area (TPSA) is 89.7 Å². The van der Waals surface area contributed by atoms with Gasteiger partial charge in [-0.05, 0) is 41.0 Å². The van der Waals surface area contributed by atoms with Gasteiger partial charge < -0.3 is 29.3 Å². The van der Waals surface area contributed by atoms with Crippen LogP contribution in [-0.2, 0) is 0 Å². The molecule has 2 aromatic carbocycles. The molecule has 154 valence electrons. The van der Waals surface area contributed by atoms with Crippen LogP contribution in [0.4, 0.5) is 0 Å². The predicted octanol–water partition coefficient (Wildman–Crippen LogP) is 3.88. The molecule has 0 spiro atoms. The Morgan fingerprint density at radius 3 is 2.00 bits per heavy atom. The van der Waals surface area contributed by atoms with E-state index in [0.717, 1.165) is 11.1 Å². The molecule has 2 aromatic rings. The van der Waals surface area contributed by atoms with Gasteiger partial charge in [0.15, 0.2) is 11.5 Å². The summed E-state index contributed by atoms with van der Waals surface area (Å²) in [7, 11) is 6.09.